The molecule has 0 amide bonds. The molecule has 0 spiro atoms. The molecule has 106 valence electrons. The second-order valence-corrected chi connectivity index (χ2v) is 4.85. The van der Waals surface area contributed by atoms with Gasteiger partial charge >= 0.3 is 5.97 Å². The predicted molar refractivity (Wildman–Crippen MR) is 80.8 cm³/mol. The van der Waals surface area contributed by atoms with Crippen LogP contribution in [0.2, 0.25) is 0 Å². The van der Waals surface area contributed by atoms with Gasteiger partial charge in [-0.25, -0.2) is 4.79 Å². The largest absolute Gasteiger partial charge is 0.508 e. The Kier molecular flexibility index (Phi) is 3.36. The summed E-state index contributed by atoms with van der Waals surface area (Å²) in [5.74, 6) is -0.157. The van der Waals surface area contributed by atoms with Crippen LogP contribution in [0.1, 0.15) is 11.1 Å². The number of phenols is 1. The molecule has 3 rings (SSSR count). The van der Waals surface area contributed by atoms with Crippen molar-refractivity contribution in [3.8, 4) is 5.75 Å². The lowest BCUT2D eigenvalue weighted by Gasteiger charge is -2.23. The van der Waals surface area contributed by atoms with Gasteiger partial charge in [0.2, 0.25) is 0 Å². The minimum absolute atomic E-state index is 0.190. The first-order chi connectivity index (χ1) is 10.2. The maximum Gasteiger partial charge on any atom is 0.336 e. The smallest absolute Gasteiger partial charge is 0.336 e. The van der Waals surface area contributed by atoms with Crippen molar-refractivity contribution in [3.63, 3.8) is 0 Å². The second-order valence-electron chi connectivity index (χ2n) is 4.85. The average Bonchev–Trinajstić information content (AvgIpc) is 2.53. The highest BCUT2D eigenvalue weighted by molar-refractivity contribution is 6.02. The molecule has 1 aliphatic rings. The van der Waals surface area contributed by atoms with Crippen LogP contribution >= 0.6 is 0 Å². The van der Waals surface area contributed by atoms with Crippen LogP contribution in [0.25, 0.3) is 5.70 Å². The van der Waals surface area contributed by atoms with Crippen LogP contribution in [-0.2, 0) is 16.0 Å². The van der Waals surface area contributed by atoms with Gasteiger partial charge in [0.25, 0.3) is 0 Å². The highest BCUT2D eigenvalue weighted by Crippen LogP contribution is 2.33. The van der Waals surface area contributed by atoms with Crippen molar-refractivity contribution in [3.05, 3.63) is 65.2 Å². The number of fused-ring (bicyclic) bond motifs is 1. The molecule has 0 aromatic heterocycles. The molecule has 2 aromatic rings. The van der Waals surface area contributed by atoms with E-state index in [1.165, 1.54) is 7.11 Å². The average molecular weight is 281 g/mol. The van der Waals surface area contributed by atoms with Gasteiger partial charge in [-0.15, -0.1) is 0 Å². The van der Waals surface area contributed by atoms with E-state index in [9.17, 15) is 9.90 Å². The Morgan fingerprint density at radius 2 is 1.86 bits per heavy atom. The molecule has 4 nitrogen and oxygen atoms in total. The lowest BCUT2D eigenvalue weighted by Crippen LogP contribution is -2.19. The minimum atomic E-state index is -0.347. The van der Waals surface area contributed by atoms with Gasteiger partial charge in [-0.2, -0.15) is 0 Å². The van der Waals surface area contributed by atoms with E-state index in [2.05, 4.69) is 5.32 Å². The summed E-state index contributed by atoms with van der Waals surface area (Å²) in [6, 6.07) is 14.6. The summed E-state index contributed by atoms with van der Waals surface area (Å²) in [5, 5.41) is 12.7. The quantitative estimate of drug-likeness (QED) is 0.831. The predicted octanol–water partition coefficient (Wildman–Crippen LogP) is 2.94. The van der Waals surface area contributed by atoms with Gasteiger partial charge in [0.15, 0.2) is 0 Å². The van der Waals surface area contributed by atoms with E-state index < -0.39 is 0 Å². The van der Waals surface area contributed by atoms with Gasteiger partial charge in [0.1, 0.15) is 5.75 Å². The number of phenolic OH excluding ortho intramolecular Hbond substituents is 1. The molecular weight excluding hydrogens is 266 g/mol. The van der Waals surface area contributed by atoms with Crippen LogP contribution in [0, 0.1) is 0 Å². The Hall–Kier alpha value is -2.75. The van der Waals surface area contributed by atoms with Crippen LogP contribution in [0.15, 0.2) is 54.1 Å². The lowest BCUT2D eigenvalue weighted by atomic mass is 9.94. The molecule has 1 aliphatic heterocycles. The number of aromatic hydroxyl groups is 1. The SMILES string of the molecule is COC(=O)C1=C(c2ccc(O)cc2)Nc2ccccc2C1. The fraction of sp³-hybridized carbons (Fsp3) is 0.118. The number of carbonyl (C=O) groups excluding carboxylic acids is 1. The molecule has 0 aliphatic carbocycles. The first-order valence-electron chi connectivity index (χ1n) is 6.65. The van der Waals surface area contributed by atoms with E-state index in [1.807, 2.05) is 24.3 Å². The minimum Gasteiger partial charge on any atom is -0.508 e. The number of methoxy groups -OCH3 is 1. The Morgan fingerprint density at radius 1 is 1.14 bits per heavy atom. The second kappa shape index (κ2) is 5.32. The van der Waals surface area contributed by atoms with E-state index in [1.54, 1.807) is 24.3 Å². The third kappa shape index (κ3) is 2.48. The topological polar surface area (TPSA) is 58.6 Å². The number of carbonyl (C=O) groups is 1. The third-order valence-corrected chi connectivity index (χ3v) is 3.53. The summed E-state index contributed by atoms with van der Waals surface area (Å²) in [4.78, 5) is 12.1. The highest BCUT2D eigenvalue weighted by Gasteiger charge is 2.24. The van der Waals surface area contributed by atoms with Crippen molar-refractivity contribution in [2.45, 2.75) is 6.42 Å². The zero-order valence-corrected chi connectivity index (χ0v) is 11.6. The number of para-hydroxylation sites is 1. The zero-order valence-electron chi connectivity index (χ0n) is 11.6. The fourth-order valence-corrected chi connectivity index (χ4v) is 2.46. The van der Waals surface area contributed by atoms with E-state index in [4.69, 9.17) is 4.74 Å². The number of hydrogen-bond donors (Lipinski definition) is 2. The molecular formula is C17H15NO3. The number of ether oxygens (including phenoxy) is 1. The molecule has 21 heavy (non-hydrogen) atoms. The van der Waals surface area contributed by atoms with Crippen LogP contribution in [0.3, 0.4) is 0 Å². The molecule has 0 atom stereocenters. The van der Waals surface area contributed by atoms with Crippen molar-refractivity contribution >= 4 is 17.4 Å². The summed E-state index contributed by atoms with van der Waals surface area (Å²) in [6.07, 6.45) is 0.520. The van der Waals surface area contributed by atoms with Gasteiger partial charge < -0.3 is 15.2 Å². The lowest BCUT2D eigenvalue weighted by molar-refractivity contribution is -0.136. The Morgan fingerprint density at radius 3 is 2.57 bits per heavy atom. The standard InChI is InChI=1S/C17H15NO3/c1-21-17(20)14-10-12-4-2-3-5-15(12)18-16(14)11-6-8-13(19)9-7-11/h2-9,18-19H,10H2,1H3. The number of benzene rings is 2. The maximum absolute atomic E-state index is 12.1. The third-order valence-electron chi connectivity index (χ3n) is 3.53. The molecule has 0 bridgehead atoms. The van der Waals surface area contributed by atoms with Crippen molar-refractivity contribution in [1.82, 2.24) is 0 Å². The molecule has 2 N–H and O–H groups in total. The van der Waals surface area contributed by atoms with E-state index in [-0.39, 0.29) is 11.7 Å². The molecule has 2 aromatic carbocycles. The van der Waals surface area contributed by atoms with Crippen molar-refractivity contribution in [2.75, 3.05) is 12.4 Å². The van der Waals surface area contributed by atoms with E-state index in [0.29, 0.717) is 12.0 Å². The van der Waals surface area contributed by atoms with E-state index >= 15 is 0 Å². The zero-order chi connectivity index (χ0) is 14.8. The first kappa shape index (κ1) is 13.2. The monoisotopic (exact) mass is 281 g/mol. The highest BCUT2D eigenvalue weighted by atomic mass is 16.5. The fourth-order valence-electron chi connectivity index (χ4n) is 2.46. The van der Waals surface area contributed by atoms with Crippen molar-refractivity contribution in [1.29, 1.82) is 0 Å². The Balaban J connectivity index is 2.10. The number of anilines is 1. The molecule has 1 heterocycles. The van der Waals surface area contributed by atoms with Gasteiger partial charge in [0.05, 0.1) is 18.4 Å². The van der Waals surface area contributed by atoms with Crippen LogP contribution in [0.4, 0.5) is 5.69 Å². The van der Waals surface area contributed by atoms with Crippen molar-refractivity contribution in [2.24, 2.45) is 0 Å². The number of hydrogen-bond acceptors (Lipinski definition) is 4. The molecule has 4 heteroatoms. The maximum atomic E-state index is 12.1. The van der Waals surface area contributed by atoms with Crippen LogP contribution in [-0.4, -0.2) is 18.2 Å². The van der Waals surface area contributed by atoms with Gasteiger partial charge in [-0.3, -0.25) is 0 Å². The molecule has 0 saturated carbocycles. The summed E-state index contributed by atoms with van der Waals surface area (Å²) < 4.78 is 4.89. The molecule has 0 saturated heterocycles. The summed E-state index contributed by atoms with van der Waals surface area (Å²) in [5.41, 5.74) is 4.18. The van der Waals surface area contributed by atoms with Crippen molar-refractivity contribution < 1.29 is 14.6 Å². The summed E-state index contributed by atoms with van der Waals surface area (Å²) in [7, 11) is 1.38. The summed E-state index contributed by atoms with van der Waals surface area (Å²) in [6.45, 7) is 0. The number of esters is 1. The number of nitrogens with one attached hydrogen (secondary N) is 1. The van der Waals surface area contributed by atoms with Crippen LogP contribution < -0.4 is 5.32 Å². The van der Waals surface area contributed by atoms with Gasteiger partial charge in [-0.05, 0) is 41.5 Å². The summed E-state index contributed by atoms with van der Waals surface area (Å²) >= 11 is 0. The Bertz CT molecular complexity index is 717. The Labute approximate surface area is 122 Å². The molecule has 0 radical (unpaired) electrons. The molecule has 0 fully saturated rings. The molecule has 0 unspecified atom stereocenters. The number of rotatable bonds is 2. The normalized spacial score (nSPS) is 13.4. The van der Waals surface area contributed by atoms with Crippen LogP contribution in [0.5, 0.6) is 5.75 Å². The van der Waals surface area contributed by atoms with Gasteiger partial charge in [0, 0.05) is 12.1 Å². The van der Waals surface area contributed by atoms with Gasteiger partial charge in [-0.1, -0.05) is 18.2 Å². The first-order valence-corrected chi connectivity index (χ1v) is 6.65. The van der Waals surface area contributed by atoms with E-state index in [0.717, 1.165) is 22.5 Å².